The summed E-state index contributed by atoms with van der Waals surface area (Å²) in [5, 5.41) is 2.73. The van der Waals surface area contributed by atoms with Gasteiger partial charge in [0.25, 0.3) is 0 Å². The van der Waals surface area contributed by atoms with E-state index in [9.17, 15) is 13.2 Å². The summed E-state index contributed by atoms with van der Waals surface area (Å²) in [6.07, 6.45) is 1.86. The van der Waals surface area contributed by atoms with Crippen molar-refractivity contribution < 1.29 is 13.2 Å². The number of thioether (sulfide) groups is 1. The van der Waals surface area contributed by atoms with Crippen LogP contribution in [0.15, 0.2) is 34.1 Å². The van der Waals surface area contributed by atoms with Crippen molar-refractivity contribution in [3.05, 3.63) is 24.3 Å². The third-order valence-corrected chi connectivity index (χ3v) is 6.20. The van der Waals surface area contributed by atoms with Gasteiger partial charge in [-0.3, -0.25) is 4.79 Å². The van der Waals surface area contributed by atoms with Gasteiger partial charge in [0.1, 0.15) is 0 Å². The highest BCUT2D eigenvalue weighted by atomic mass is 32.2. The molecular weight excluding hydrogens is 308 g/mol. The van der Waals surface area contributed by atoms with E-state index in [0.717, 1.165) is 17.7 Å². The SMILES string of the molecule is CCNC(=O)CSc1ccc(S(=O)(=O)N2CCCC2)cc1. The Morgan fingerprint density at radius 3 is 2.43 bits per heavy atom. The van der Waals surface area contributed by atoms with E-state index in [4.69, 9.17) is 0 Å². The van der Waals surface area contributed by atoms with Crippen LogP contribution in [0.25, 0.3) is 0 Å². The van der Waals surface area contributed by atoms with E-state index in [1.165, 1.54) is 16.1 Å². The molecule has 0 aliphatic carbocycles. The van der Waals surface area contributed by atoms with E-state index in [1.807, 2.05) is 6.92 Å². The molecule has 1 amide bonds. The largest absolute Gasteiger partial charge is 0.356 e. The van der Waals surface area contributed by atoms with Crippen LogP contribution >= 0.6 is 11.8 Å². The maximum Gasteiger partial charge on any atom is 0.243 e. The van der Waals surface area contributed by atoms with Crippen LogP contribution in [-0.2, 0) is 14.8 Å². The molecule has 0 atom stereocenters. The Balaban J connectivity index is 2.00. The Kier molecular flexibility index (Phi) is 5.66. The van der Waals surface area contributed by atoms with Gasteiger partial charge in [-0.25, -0.2) is 8.42 Å². The first-order chi connectivity index (χ1) is 10.0. The standard InChI is InChI=1S/C14H20N2O3S2/c1-2-15-14(17)11-20-12-5-7-13(8-6-12)21(18,19)16-9-3-4-10-16/h5-8H,2-4,9-11H2,1H3,(H,15,17). The average Bonchev–Trinajstić information content (AvgIpc) is 3.01. The normalized spacial score (nSPS) is 16.0. The highest BCUT2D eigenvalue weighted by molar-refractivity contribution is 8.00. The first-order valence-electron chi connectivity index (χ1n) is 7.03. The number of hydrogen-bond donors (Lipinski definition) is 1. The first-order valence-corrected chi connectivity index (χ1v) is 9.46. The number of carbonyl (C=O) groups is 1. The number of hydrogen-bond acceptors (Lipinski definition) is 4. The summed E-state index contributed by atoms with van der Waals surface area (Å²) in [6, 6.07) is 6.75. The molecule has 1 saturated heterocycles. The van der Waals surface area contributed by atoms with Crippen molar-refractivity contribution in [2.75, 3.05) is 25.4 Å². The monoisotopic (exact) mass is 328 g/mol. The van der Waals surface area contributed by atoms with Crippen molar-refractivity contribution in [1.82, 2.24) is 9.62 Å². The van der Waals surface area contributed by atoms with Crippen molar-refractivity contribution in [2.24, 2.45) is 0 Å². The summed E-state index contributed by atoms with van der Waals surface area (Å²) in [4.78, 5) is 12.6. The molecule has 0 unspecified atom stereocenters. The molecule has 1 fully saturated rings. The minimum atomic E-state index is -3.35. The molecule has 0 bridgehead atoms. The number of nitrogens with zero attached hydrogens (tertiary/aromatic N) is 1. The zero-order valence-electron chi connectivity index (χ0n) is 12.0. The molecule has 116 valence electrons. The molecule has 0 spiro atoms. The minimum Gasteiger partial charge on any atom is -0.356 e. The maximum atomic E-state index is 12.4. The van der Waals surface area contributed by atoms with Crippen LogP contribution in [0.1, 0.15) is 19.8 Å². The fourth-order valence-electron chi connectivity index (χ4n) is 2.18. The minimum absolute atomic E-state index is 0.0173. The summed E-state index contributed by atoms with van der Waals surface area (Å²) < 4.78 is 26.2. The lowest BCUT2D eigenvalue weighted by atomic mass is 10.4. The molecule has 5 nitrogen and oxygen atoms in total. The molecule has 0 aromatic heterocycles. The molecule has 1 aromatic carbocycles. The van der Waals surface area contributed by atoms with Crippen molar-refractivity contribution in [1.29, 1.82) is 0 Å². The number of benzene rings is 1. The summed E-state index contributed by atoms with van der Waals surface area (Å²) in [7, 11) is -3.35. The fourth-order valence-corrected chi connectivity index (χ4v) is 4.43. The Hall–Kier alpha value is -1.05. The summed E-state index contributed by atoms with van der Waals surface area (Å²) in [6.45, 7) is 3.71. The molecule has 1 N–H and O–H groups in total. The topological polar surface area (TPSA) is 66.5 Å². The molecular formula is C14H20N2O3S2. The van der Waals surface area contributed by atoms with E-state index in [1.54, 1.807) is 24.3 Å². The molecule has 21 heavy (non-hydrogen) atoms. The van der Waals surface area contributed by atoms with Crippen molar-refractivity contribution in [2.45, 2.75) is 29.6 Å². The Morgan fingerprint density at radius 1 is 1.24 bits per heavy atom. The van der Waals surface area contributed by atoms with Gasteiger partial charge in [-0.2, -0.15) is 4.31 Å². The molecule has 0 saturated carbocycles. The van der Waals surface area contributed by atoms with Crippen LogP contribution in [0, 0.1) is 0 Å². The van der Waals surface area contributed by atoms with Gasteiger partial charge < -0.3 is 5.32 Å². The lowest BCUT2D eigenvalue weighted by molar-refractivity contribution is -0.118. The van der Waals surface area contributed by atoms with Crippen LogP contribution < -0.4 is 5.32 Å². The van der Waals surface area contributed by atoms with E-state index in [2.05, 4.69) is 5.32 Å². The lowest BCUT2D eigenvalue weighted by Gasteiger charge is -2.15. The van der Waals surface area contributed by atoms with Gasteiger partial charge in [-0.15, -0.1) is 11.8 Å². The molecule has 1 aliphatic rings. The highest BCUT2D eigenvalue weighted by Gasteiger charge is 2.26. The quantitative estimate of drug-likeness (QED) is 0.807. The van der Waals surface area contributed by atoms with E-state index in [0.29, 0.717) is 30.3 Å². The van der Waals surface area contributed by atoms with Crippen LogP contribution in [0.5, 0.6) is 0 Å². The number of carbonyl (C=O) groups excluding carboxylic acids is 1. The van der Waals surface area contributed by atoms with Crippen LogP contribution in [0.4, 0.5) is 0 Å². The summed E-state index contributed by atoms with van der Waals surface area (Å²) >= 11 is 1.40. The second-order valence-corrected chi connectivity index (χ2v) is 7.81. The van der Waals surface area contributed by atoms with Gasteiger partial charge >= 0.3 is 0 Å². The van der Waals surface area contributed by atoms with Crippen molar-refractivity contribution >= 4 is 27.7 Å². The van der Waals surface area contributed by atoms with E-state index < -0.39 is 10.0 Å². The third kappa shape index (κ3) is 4.21. The van der Waals surface area contributed by atoms with Crippen LogP contribution in [0.2, 0.25) is 0 Å². The molecule has 7 heteroatoms. The second kappa shape index (κ2) is 7.29. The third-order valence-electron chi connectivity index (χ3n) is 3.27. The fraction of sp³-hybridized carbons (Fsp3) is 0.500. The summed E-state index contributed by atoms with van der Waals surface area (Å²) in [5.74, 6) is 0.322. The molecule has 1 aliphatic heterocycles. The number of nitrogens with one attached hydrogen (secondary N) is 1. The van der Waals surface area contributed by atoms with E-state index >= 15 is 0 Å². The molecule has 1 heterocycles. The lowest BCUT2D eigenvalue weighted by Crippen LogP contribution is -2.27. The van der Waals surface area contributed by atoms with Crippen LogP contribution in [-0.4, -0.2) is 44.0 Å². The predicted octanol–water partition coefficient (Wildman–Crippen LogP) is 1.70. The predicted molar refractivity (Wildman–Crippen MR) is 83.8 cm³/mol. The molecule has 0 radical (unpaired) electrons. The Bertz CT molecular complexity index is 579. The number of sulfonamides is 1. The van der Waals surface area contributed by atoms with Gasteiger partial charge in [-0.1, -0.05) is 0 Å². The van der Waals surface area contributed by atoms with Gasteiger partial charge in [0, 0.05) is 24.5 Å². The maximum absolute atomic E-state index is 12.4. The van der Waals surface area contributed by atoms with E-state index in [-0.39, 0.29) is 5.91 Å². The first kappa shape index (κ1) is 16.3. The highest BCUT2D eigenvalue weighted by Crippen LogP contribution is 2.24. The Labute approximate surface area is 130 Å². The van der Waals surface area contributed by atoms with Gasteiger partial charge in [0.2, 0.25) is 15.9 Å². The smallest absolute Gasteiger partial charge is 0.243 e. The van der Waals surface area contributed by atoms with Gasteiger partial charge in [0.15, 0.2) is 0 Å². The zero-order valence-corrected chi connectivity index (χ0v) is 13.7. The number of rotatable bonds is 6. The molecule has 2 rings (SSSR count). The molecule has 1 aromatic rings. The average molecular weight is 328 g/mol. The van der Waals surface area contributed by atoms with Crippen LogP contribution in [0.3, 0.4) is 0 Å². The van der Waals surface area contributed by atoms with Gasteiger partial charge in [-0.05, 0) is 44.0 Å². The van der Waals surface area contributed by atoms with Gasteiger partial charge in [0.05, 0.1) is 10.6 Å². The summed E-state index contributed by atoms with van der Waals surface area (Å²) in [5.41, 5.74) is 0. The zero-order chi connectivity index (χ0) is 15.3. The van der Waals surface area contributed by atoms with Crippen molar-refractivity contribution in [3.63, 3.8) is 0 Å². The second-order valence-electron chi connectivity index (χ2n) is 4.82. The van der Waals surface area contributed by atoms with Crippen molar-refractivity contribution in [3.8, 4) is 0 Å². The Morgan fingerprint density at radius 2 is 1.86 bits per heavy atom. The number of amides is 1.